The molecule has 0 saturated carbocycles. The van der Waals surface area contributed by atoms with Crippen molar-refractivity contribution in [2.24, 2.45) is 0 Å². The van der Waals surface area contributed by atoms with Crippen LogP contribution in [0.25, 0.3) is 65.3 Å². The Bertz CT molecular complexity index is 4340. The van der Waals surface area contributed by atoms with Crippen molar-refractivity contribution in [3.8, 4) is 22.3 Å². The Balaban J connectivity index is 1.05. The number of benzene rings is 13. The highest BCUT2D eigenvalue weighted by atomic mass is 15.2. The molecule has 13 aromatic carbocycles. The summed E-state index contributed by atoms with van der Waals surface area (Å²) in [5.74, 6) is 0. The molecule has 0 atom stereocenters. The van der Waals surface area contributed by atoms with Gasteiger partial charge < -0.3 is 14.7 Å². The predicted molar refractivity (Wildman–Crippen MR) is 328 cm³/mol. The summed E-state index contributed by atoms with van der Waals surface area (Å²) in [4.78, 5) is 7.37. The van der Waals surface area contributed by atoms with Crippen LogP contribution >= 0.6 is 0 Å². The molecule has 366 valence electrons. The largest absolute Gasteiger partial charge is 0.310 e. The van der Waals surface area contributed by atoms with Gasteiger partial charge >= 0.3 is 0 Å². The lowest BCUT2D eigenvalue weighted by Crippen LogP contribution is -2.21. The highest BCUT2D eigenvalue weighted by Gasteiger charge is 2.40. The molecule has 0 N–H and O–H groups in total. The molecule has 1 aliphatic rings. The van der Waals surface area contributed by atoms with Crippen molar-refractivity contribution in [3.63, 3.8) is 0 Å². The van der Waals surface area contributed by atoms with E-state index in [1.807, 2.05) is 0 Å². The Kier molecular flexibility index (Phi) is 11.1. The molecule has 3 heteroatoms. The van der Waals surface area contributed by atoms with Gasteiger partial charge in [-0.1, -0.05) is 214 Å². The van der Waals surface area contributed by atoms with Crippen LogP contribution in [0.5, 0.6) is 0 Å². The maximum Gasteiger partial charge on any atom is 0.0560 e. The minimum absolute atomic E-state index is 0.333. The number of rotatable bonds is 10. The molecule has 0 radical (unpaired) electrons. The Morgan fingerprint density at radius 2 is 0.753 bits per heavy atom. The quantitative estimate of drug-likeness (QED) is 0.126. The minimum Gasteiger partial charge on any atom is -0.310 e. The summed E-state index contributed by atoms with van der Waals surface area (Å²) in [6, 6.07) is 103. The standard InChI is InChI=1S/C74H55N3/c1-50-37-40-55(41-38-50)75(53-24-9-5-10-25-53)56-28-19-29-57(47-56)77(70-36-20-35-67-72-61-30-14-13-23-52(61)39-46-69(72)74(2,3)73(67)70)59-42-44-60(51-21-7-4-8-22-51)71(49-59)76(54-26-11-6-12-27-54)58-43-45-66-64-33-16-15-31-62(64)63-32-17-18-34-65(63)68(66)48-58/h4-49H,1-3H3. The van der Waals surface area contributed by atoms with Crippen molar-refractivity contribution in [1.29, 1.82) is 0 Å². The molecule has 0 heterocycles. The van der Waals surface area contributed by atoms with Crippen LogP contribution in [0.2, 0.25) is 0 Å². The molecule has 77 heavy (non-hydrogen) atoms. The molecule has 13 aromatic rings. The summed E-state index contributed by atoms with van der Waals surface area (Å²) >= 11 is 0. The van der Waals surface area contributed by atoms with Gasteiger partial charge in [0.1, 0.15) is 0 Å². The summed E-state index contributed by atoms with van der Waals surface area (Å²) in [7, 11) is 0. The highest BCUT2D eigenvalue weighted by Crippen LogP contribution is 2.57. The van der Waals surface area contributed by atoms with Crippen LogP contribution in [0.4, 0.5) is 51.2 Å². The summed E-state index contributed by atoms with van der Waals surface area (Å²) in [5.41, 5.74) is 18.1. The Morgan fingerprint density at radius 3 is 1.43 bits per heavy atom. The second kappa shape index (κ2) is 18.6. The number of hydrogen-bond acceptors (Lipinski definition) is 3. The molecule has 0 saturated heterocycles. The van der Waals surface area contributed by atoms with Crippen LogP contribution in [-0.4, -0.2) is 0 Å². The fraction of sp³-hybridized carbons (Fsp3) is 0.0541. The van der Waals surface area contributed by atoms with Crippen LogP contribution in [0, 0.1) is 6.92 Å². The van der Waals surface area contributed by atoms with Gasteiger partial charge in [-0.05, 0) is 163 Å². The van der Waals surface area contributed by atoms with Gasteiger partial charge in [0.15, 0.2) is 0 Å². The van der Waals surface area contributed by atoms with Crippen molar-refractivity contribution in [2.45, 2.75) is 26.2 Å². The fourth-order valence-corrected chi connectivity index (χ4v) is 12.5. The third kappa shape index (κ3) is 7.73. The summed E-state index contributed by atoms with van der Waals surface area (Å²) in [6.45, 7) is 6.97. The molecule has 0 aliphatic heterocycles. The lowest BCUT2D eigenvalue weighted by atomic mass is 9.81. The van der Waals surface area contributed by atoms with Crippen molar-refractivity contribution in [1.82, 2.24) is 0 Å². The van der Waals surface area contributed by atoms with Gasteiger partial charge in [-0.2, -0.15) is 0 Å². The number of hydrogen-bond donors (Lipinski definition) is 0. The van der Waals surface area contributed by atoms with Gasteiger partial charge in [-0.3, -0.25) is 0 Å². The molecular formula is C74H55N3. The van der Waals surface area contributed by atoms with E-state index in [9.17, 15) is 0 Å². The van der Waals surface area contributed by atoms with Crippen molar-refractivity contribution >= 4 is 94.3 Å². The maximum atomic E-state index is 2.53. The Morgan fingerprint density at radius 1 is 0.286 bits per heavy atom. The summed E-state index contributed by atoms with van der Waals surface area (Å²) in [5, 5.41) is 10.0. The van der Waals surface area contributed by atoms with E-state index in [0.29, 0.717) is 0 Å². The first-order valence-corrected chi connectivity index (χ1v) is 26.8. The zero-order valence-electron chi connectivity index (χ0n) is 43.4. The molecule has 0 unspecified atom stereocenters. The molecule has 0 aromatic heterocycles. The van der Waals surface area contributed by atoms with E-state index in [-0.39, 0.29) is 5.41 Å². The topological polar surface area (TPSA) is 9.72 Å². The molecule has 3 nitrogen and oxygen atoms in total. The maximum absolute atomic E-state index is 2.53. The van der Waals surface area contributed by atoms with Crippen LogP contribution in [0.1, 0.15) is 30.5 Å². The minimum atomic E-state index is -0.333. The lowest BCUT2D eigenvalue weighted by molar-refractivity contribution is 0.661. The zero-order valence-corrected chi connectivity index (χ0v) is 43.4. The zero-order chi connectivity index (χ0) is 51.6. The first-order valence-electron chi connectivity index (χ1n) is 26.8. The van der Waals surface area contributed by atoms with Crippen LogP contribution < -0.4 is 14.7 Å². The normalized spacial score (nSPS) is 12.5. The second-order valence-corrected chi connectivity index (χ2v) is 21.0. The van der Waals surface area contributed by atoms with Gasteiger partial charge in [0, 0.05) is 50.8 Å². The number of nitrogens with zero attached hydrogens (tertiary/aromatic N) is 3. The first-order chi connectivity index (χ1) is 37.9. The molecule has 1 aliphatic carbocycles. The van der Waals surface area contributed by atoms with Crippen LogP contribution in [0.15, 0.2) is 279 Å². The number of aryl methyl sites for hydroxylation is 1. The molecule has 0 bridgehead atoms. The lowest BCUT2D eigenvalue weighted by Gasteiger charge is -2.35. The third-order valence-corrected chi connectivity index (χ3v) is 16.0. The summed E-state index contributed by atoms with van der Waals surface area (Å²) in [6.07, 6.45) is 0. The van der Waals surface area contributed by atoms with Crippen LogP contribution in [-0.2, 0) is 5.41 Å². The van der Waals surface area contributed by atoms with Gasteiger partial charge in [0.25, 0.3) is 0 Å². The molecule has 0 spiro atoms. The van der Waals surface area contributed by atoms with Crippen molar-refractivity contribution in [3.05, 3.63) is 296 Å². The monoisotopic (exact) mass is 985 g/mol. The third-order valence-electron chi connectivity index (χ3n) is 16.0. The molecule has 0 amide bonds. The highest BCUT2D eigenvalue weighted by molar-refractivity contribution is 6.26. The number of anilines is 9. The SMILES string of the molecule is Cc1ccc(N(c2ccccc2)c2cccc(N(c3ccc(-c4ccccc4)c(N(c4ccccc4)c4ccc5c6ccccc6c6ccccc6c5c4)c3)c3cccc4c3C(C)(C)c3ccc5ccccc5c3-4)c2)cc1. The Labute approximate surface area is 450 Å². The average molecular weight is 986 g/mol. The van der Waals surface area contributed by atoms with Crippen molar-refractivity contribution < 1.29 is 0 Å². The number of para-hydroxylation sites is 2. The predicted octanol–water partition coefficient (Wildman–Crippen LogP) is 21.0. The first kappa shape index (κ1) is 45.9. The van der Waals surface area contributed by atoms with E-state index in [1.165, 1.54) is 70.9 Å². The van der Waals surface area contributed by atoms with Gasteiger partial charge in [0.05, 0.1) is 11.4 Å². The molecule has 0 fully saturated rings. The van der Waals surface area contributed by atoms with E-state index in [1.54, 1.807) is 0 Å². The van der Waals surface area contributed by atoms with Gasteiger partial charge in [-0.25, -0.2) is 0 Å². The Hall–Kier alpha value is -9.70. The van der Waals surface area contributed by atoms with E-state index in [0.717, 1.165) is 62.3 Å². The van der Waals surface area contributed by atoms with E-state index < -0.39 is 0 Å². The van der Waals surface area contributed by atoms with Gasteiger partial charge in [0.2, 0.25) is 0 Å². The summed E-state index contributed by atoms with van der Waals surface area (Å²) < 4.78 is 0. The molecular weight excluding hydrogens is 931 g/mol. The van der Waals surface area contributed by atoms with E-state index in [4.69, 9.17) is 0 Å². The van der Waals surface area contributed by atoms with E-state index >= 15 is 0 Å². The smallest absolute Gasteiger partial charge is 0.0560 e. The average Bonchev–Trinajstić information content (AvgIpc) is 3.92. The van der Waals surface area contributed by atoms with Gasteiger partial charge in [-0.15, -0.1) is 0 Å². The number of fused-ring (bicyclic) bond motifs is 11. The molecule has 14 rings (SSSR count). The second-order valence-electron chi connectivity index (χ2n) is 21.0. The van der Waals surface area contributed by atoms with Crippen molar-refractivity contribution in [2.75, 3.05) is 14.7 Å². The van der Waals surface area contributed by atoms with E-state index in [2.05, 4.69) is 315 Å². The van der Waals surface area contributed by atoms with Crippen LogP contribution in [0.3, 0.4) is 0 Å². The fourth-order valence-electron chi connectivity index (χ4n) is 12.5.